The van der Waals surface area contributed by atoms with Crippen molar-refractivity contribution in [3.05, 3.63) is 29.8 Å². The SMILES string of the molecule is CC(C)OC(=O)Nc1ccccc1C#N. The summed E-state index contributed by atoms with van der Waals surface area (Å²) in [4.78, 5) is 11.2. The van der Waals surface area contributed by atoms with Crippen LogP contribution in [0, 0.1) is 11.3 Å². The van der Waals surface area contributed by atoms with Gasteiger partial charge in [-0.3, -0.25) is 5.32 Å². The van der Waals surface area contributed by atoms with E-state index in [1.165, 1.54) is 0 Å². The van der Waals surface area contributed by atoms with Crippen LogP contribution in [0.15, 0.2) is 24.3 Å². The summed E-state index contributed by atoms with van der Waals surface area (Å²) in [6.45, 7) is 3.52. The molecule has 1 amide bonds. The number of carbonyl (C=O) groups excluding carboxylic acids is 1. The second kappa shape index (κ2) is 5.01. The van der Waals surface area contributed by atoms with Crippen molar-refractivity contribution in [2.45, 2.75) is 20.0 Å². The minimum atomic E-state index is -0.548. The number of amides is 1. The number of anilines is 1. The van der Waals surface area contributed by atoms with Crippen molar-refractivity contribution in [2.24, 2.45) is 0 Å². The van der Waals surface area contributed by atoms with Gasteiger partial charge in [-0.25, -0.2) is 4.79 Å². The third kappa shape index (κ3) is 3.31. The molecule has 0 aliphatic rings. The monoisotopic (exact) mass is 204 g/mol. The fourth-order valence-electron chi connectivity index (χ4n) is 1.04. The Bertz CT molecular complexity index is 394. The predicted molar refractivity (Wildman–Crippen MR) is 56.4 cm³/mol. The maximum absolute atomic E-state index is 11.2. The van der Waals surface area contributed by atoms with Gasteiger partial charge in [-0.2, -0.15) is 5.26 Å². The van der Waals surface area contributed by atoms with E-state index in [4.69, 9.17) is 10.00 Å². The van der Waals surface area contributed by atoms with Gasteiger partial charge < -0.3 is 4.74 Å². The Morgan fingerprint density at radius 3 is 2.73 bits per heavy atom. The first-order valence-corrected chi connectivity index (χ1v) is 4.60. The number of para-hydroxylation sites is 1. The van der Waals surface area contributed by atoms with Crippen molar-refractivity contribution >= 4 is 11.8 Å². The summed E-state index contributed by atoms with van der Waals surface area (Å²) in [6.07, 6.45) is -0.730. The topological polar surface area (TPSA) is 62.1 Å². The summed E-state index contributed by atoms with van der Waals surface area (Å²) in [6, 6.07) is 8.74. The first-order valence-electron chi connectivity index (χ1n) is 4.60. The standard InChI is InChI=1S/C11H12N2O2/c1-8(2)15-11(14)13-10-6-4-3-5-9(10)7-12/h3-6,8H,1-2H3,(H,13,14). The molecule has 0 bridgehead atoms. The Morgan fingerprint density at radius 1 is 1.47 bits per heavy atom. The quantitative estimate of drug-likeness (QED) is 0.805. The number of hydrogen-bond donors (Lipinski definition) is 1. The number of carbonyl (C=O) groups is 1. The van der Waals surface area contributed by atoms with E-state index in [-0.39, 0.29) is 6.10 Å². The van der Waals surface area contributed by atoms with Crippen molar-refractivity contribution in [1.29, 1.82) is 5.26 Å². The zero-order chi connectivity index (χ0) is 11.3. The molecule has 1 rings (SSSR count). The van der Waals surface area contributed by atoms with Gasteiger partial charge >= 0.3 is 6.09 Å². The molecular formula is C11H12N2O2. The van der Waals surface area contributed by atoms with Crippen molar-refractivity contribution in [3.8, 4) is 6.07 Å². The third-order valence-electron chi connectivity index (χ3n) is 1.63. The van der Waals surface area contributed by atoms with Gasteiger partial charge in [0.2, 0.25) is 0 Å². The summed E-state index contributed by atoms with van der Waals surface area (Å²) >= 11 is 0. The smallest absolute Gasteiger partial charge is 0.411 e. The molecule has 0 radical (unpaired) electrons. The summed E-state index contributed by atoms with van der Waals surface area (Å²) in [5.41, 5.74) is 0.879. The van der Waals surface area contributed by atoms with Crippen LogP contribution in [-0.2, 0) is 4.74 Å². The van der Waals surface area contributed by atoms with E-state index >= 15 is 0 Å². The van der Waals surface area contributed by atoms with Crippen LogP contribution in [0.2, 0.25) is 0 Å². The molecule has 0 heterocycles. The highest BCUT2D eigenvalue weighted by molar-refractivity contribution is 5.86. The highest BCUT2D eigenvalue weighted by atomic mass is 16.6. The molecule has 0 spiro atoms. The maximum Gasteiger partial charge on any atom is 0.411 e. The van der Waals surface area contributed by atoms with E-state index in [0.29, 0.717) is 11.3 Å². The molecule has 15 heavy (non-hydrogen) atoms. The highest BCUT2D eigenvalue weighted by Gasteiger charge is 2.07. The first kappa shape index (κ1) is 11.1. The van der Waals surface area contributed by atoms with E-state index in [1.807, 2.05) is 6.07 Å². The molecule has 1 aromatic rings. The largest absolute Gasteiger partial charge is 0.447 e. The second-order valence-corrected chi connectivity index (χ2v) is 3.24. The Kier molecular flexibility index (Phi) is 3.69. The summed E-state index contributed by atoms with van der Waals surface area (Å²) in [5.74, 6) is 0. The number of nitrogens with one attached hydrogen (secondary N) is 1. The predicted octanol–water partition coefficient (Wildman–Crippen LogP) is 2.52. The van der Waals surface area contributed by atoms with E-state index in [9.17, 15) is 4.79 Å². The van der Waals surface area contributed by atoms with E-state index in [0.717, 1.165) is 0 Å². The summed E-state index contributed by atoms with van der Waals surface area (Å²) < 4.78 is 4.89. The Morgan fingerprint density at radius 2 is 2.13 bits per heavy atom. The molecule has 4 heteroatoms. The molecule has 0 aliphatic heterocycles. The van der Waals surface area contributed by atoms with Gasteiger partial charge in [0, 0.05) is 0 Å². The molecule has 4 nitrogen and oxygen atoms in total. The lowest BCUT2D eigenvalue weighted by atomic mass is 10.2. The Hall–Kier alpha value is -2.02. The summed E-state index contributed by atoms with van der Waals surface area (Å²) in [7, 11) is 0. The van der Waals surface area contributed by atoms with Gasteiger partial charge in [0.15, 0.2) is 0 Å². The van der Waals surface area contributed by atoms with Crippen molar-refractivity contribution in [1.82, 2.24) is 0 Å². The van der Waals surface area contributed by atoms with Gasteiger partial charge in [-0.05, 0) is 26.0 Å². The Labute approximate surface area is 88.5 Å². The molecule has 1 aromatic carbocycles. The normalized spacial score (nSPS) is 9.47. The lowest BCUT2D eigenvalue weighted by molar-refractivity contribution is 0.130. The fraction of sp³-hybridized carbons (Fsp3) is 0.273. The number of hydrogen-bond acceptors (Lipinski definition) is 3. The highest BCUT2D eigenvalue weighted by Crippen LogP contribution is 2.13. The van der Waals surface area contributed by atoms with Crippen LogP contribution in [-0.4, -0.2) is 12.2 Å². The number of nitriles is 1. The number of ether oxygens (including phenoxy) is 1. The van der Waals surface area contributed by atoms with Crippen LogP contribution in [0.25, 0.3) is 0 Å². The average molecular weight is 204 g/mol. The third-order valence-corrected chi connectivity index (χ3v) is 1.63. The van der Waals surface area contributed by atoms with Gasteiger partial charge in [0.25, 0.3) is 0 Å². The minimum absolute atomic E-state index is 0.181. The maximum atomic E-state index is 11.2. The molecule has 0 fully saturated rings. The molecule has 0 aromatic heterocycles. The lowest BCUT2D eigenvalue weighted by Crippen LogP contribution is -2.18. The molecule has 0 saturated carbocycles. The molecule has 78 valence electrons. The van der Waals surface area contributed by atoms with E-state index in [2.05, 4.69) is 5.32 Å². The van der Waals surface area contributed by atoms with Crippen LogP contribution >= 0.6 is 0 Å². The first-order chi connectivity index (χ1) is 7.13. The van der Waals surface area contributed by atoms with Gasteiger partial charge in [0.05, 0.1) is 17.4 Å². The lowest BCUT2D eigenvalue weighted by Gasteiger charge is -2.09. The molecule has 0 unspecified atom stereocenters. The number of nitrogens with zero attached hydrogens (tertiary/aromatic N) is 1. The molecule has 0 saturated heterocycles. The zero-order valence-corrected chi connectivity index (χ0v) is 8.65. The molecular weight excluding hydrogens is 192 g/mol. The van der Waals surface area contributed by atoms with Gasteiger partial charge in [-0.1, -0.05) is 12.1 Å². The average Bonchev–Trinajstić information content (AvgIpc) is 2.17. The van der Waals surface area contributed by atoms with Crippen molar-refractivity contribution in [3.63, 3.8) is 0 Å². The van der Waals surface area contributed by atoms with E-state index < -0.39 is 6.09 Å². The van der Waals surface area contributed by atoms with E-state index in [1.54, 1.807) is 38.1 Å². The molecule has 0 aliphatic carbocycles. The van der Waals surface area contributed by atoms with Gasteiger partial charge in [0.1, 0.15) is 6.07 Å². The minimum Gasteiger partial charge on any atom is -0.447 e. The molecule has 1 N–H and O–H groups in total. The zero-order valence-electron chi connectivity index (χ0n) is 8.65. The number of rotatable bonds is 2. The summed E-state index contributed by atoms with van der Waals surface area (Å²) in [5, 5.41) is 11.3. The fourth-order valence-corrected chi connectivity index (χ4v) is 1.04. The van der Waals surface area contributed by atoms with Gasteiger partial charge in [-0.15, -0.1) is 0 Å². The van der Waals surface area contributed by atoms with Crippen molar-refractivity contribution in [2.75, 3.05) is 5.32 Å². The molecule has 0 atom stereocenters. The van der Waals surface area contributed by atoms with Crippen LogP contribution < -0.4 is 5.32 Å². The van der Waals surface area contributed by atoms with Crippen LogP contribution in [0.4, 0.5) is 10.5 Å². The van der Waals surface area contributed by atoms with Crippen LogP contribution in [0.5, 0.6) is 0 Å². The Balaban J connectivity index is 2.73. The van der Waals surface area contributed by atoms with Crippen molar-refractivity contribution < 1.29 is 9.53 Å². The number of benzene rings is 1. The van der Waals surface area contributed by atoms with Crippen LogP contribution in [0.3, 0.4) is 0 Å². The second-order valence-electron chi connectivity index (χ2n) is 3.24. The van der Waals surface area contributed by atoms with Crippen LogP contribution in [0.1, 0.15) is 19.4 Å².